The number of rotatable bonds is 2. The normalized spacial score (nSPS) is 18.0. The first-order chi connectivity index (χ1) is 10.2. The number of fused-ring (bicyclic) bond motifs is 1. The lowest BCUT2D eigenvalue weighted by molar-refractivity contribution is -0.133. The summed E-state index contributed by atoms with van der Waals surface area (Å²) in [6.45, 7) is 0.491. The average Bonchev–Trinajstić information content (AvgIpc) is 3.02. The molecule has 0 bridgehead atoms. The predicted octanol–water partition coefficient (Wildman–Crippen LogP) is 1.34. The van der Waals surface area contributed by atoms with Gasteiger partial charge in [-0.2, -0.15) is 0 Å². The maximum atomic E-state index is 12.5. The zero-order chi connectivity index (χ0) is 14.8. The first-order valence-electron chi connectivity index (χ1n) is 6.80. The molecule has 0 saturated carbocycles. The average molecular weight is 285 g/mol. The number of likely N-dealkylation sites (tertiary alicyclic amines) is 1. The highest BCUT2D eigenvalue weighted by molar-refractivity contribution is 5.99. The smallest absolute Gasteiger partial charge is 0.273 e. The third-order valence-corrected chi connectivity index (χ3v) is 3.78. The largest absolute Gasteiger partial charge is 0.325 e. The molecule has 6 heteroatoms. The van der Waals surface area contributed by atoms with Gasteiger partial charge in [-0.05, 0) is 24.3 Å². The Morgan fingerprint density at radius 1 is 1.29 bits per heavy atom. The quantitative estimate of drug-likeness (QED) is 0.644. The van der Waals surface area contributed by atoms with Gasteiger partial charge in [0.25, 0.3) is 11.8 Å². The third-order valence-electron chi connectivity index (χ3n) is 3.78. The van der Waals surface area contributed by atoms with Gasteiger partial charge < -0.3 is 4.90 Å². The Bertz CT molecular complexity index is 701. The fraction of sp³-hybridized carbons (Fsp3) is 0.267. The number of amides is 2. The van der Waals surface area contributed by atoms with Crippen LogP contribution in [0.1, 0.15) is 23.3 Å². The Balaban J connectivity index is 1.91. The Kier molecular flexibility index (Phi) is 3.53. The van der Waals surface area contributed by atoms with E-state index in [-0.39, 0.29) is 5.91 Å². The first kappa shape index (κ1) is 13.5. The van der Waals surface area contributed by atoms with E-state index in [0.717, 1.165) is 17.2 Å². The number of hydrogen-bond donors (Lipinski definition) is 2. The van der Waals surface area contributed by atoms with Crippen LogP contribution >= 0.6 is 0 Å². The Morgan fingerprint density at radius 3 is 2.81 bits per heavy atom. The molecule has 108 valence electrons. The number of pyridine rings is 1. The summed E-state index contributed by atoms with van der Waals surface area (Å²) in [7, 11) is 0. The molecule has 0 spiro atoms. The number of carbonyl (C=O) groups is 2. The van der Waals surface area contributed by atoms with Crippen LogP contribution in [0, 0.1) is 0 Å². The van der Waals surface area contributed by atoms with Crippen molar-refractivity contribution in [1.82, 2.24) is 15.4 Å². The zero-order valence-corrected chi connectivity index (χ0v) is 11.3. The van der Waals surface area contributed by atoms with Crippen molar-refractivity contribution in [3.63, 3.8) is 0 Å². The molecule has 3 rings (SSSR count). The molecule has 0 radical (unpaired) electrons. The molecule has 6 nitrogen and oxygen atoms in total. The second kappa shape index (κ2) is 5.49. The van der Waals surface area contributed by atoms with Crippen molar-refractivity contribution in [3.8, 4) is 0 Å². The summed E-state index contributed by atoms with van der Waals surface area (Å²) in [4.78, 5) is 29.8. The molecule has 1 fully saturated rings. The van der Waals surface area contributed by atoms with Crippen LogP contribution < -0.4 is 5.48 Å². The van der Waals surface area contributed by atoms with E-state index in [1.54, 1.807) is 17.7 Å². The minimum atomic E-state index is -0.629. The van der Waals surface area contributed by atoms with E-state index in [1.165, 1.54) is 4.90 Å². The van der Waals surface area contributed by atoms with Crippen molar-refractivity contribution in [3.05, 3.63) is 42.2 Å². The molecule has 2 heterocycles. The number of benzene rings is 1. The van der Waals surface area contributed by atoms with Gasteiger partial charge in [0.15, 0.2) is 0 Å². The number of nitrogens with one attached hydrogen (secondary N) is 1. The van der Waals surface area contributed by atoms with Gasteiger partial charge in [-0.1, -0.05) is 24.3 Å². The van der Waals surface area contributed by atoms with Gasteiger partial charge in [0, 0.05) is 18.1 Å². The first-order valence-corrected chi connectivity index (χ1v) is 6.80. The lowest BCUT2D eigenvalue weighted by Gasteiger charge is -2.22. The molecule has 2 N–H and O–H groups in total. The highest BCUT2D eigenvalue weighted by Gasteiger charge is 2.34. The van der Waals surface area contributed by atoms with E-state index in [4.69, 9.17) is 5.21 Å². The Hall–Kier alpha value is -2.47. The van der Waals surface area contributed by atoms with Gasteiger partial charge in [0.1, 0.15) is 11.7 Å². The van der Waals surface area contributed by atoms with E-state index in [0.29, 0.717) is 18.7 Å². The minimum absolute atomic E-state index is 0.285. The molecule has 2 aromatic rings. The number of hydrogen-bond acceptors (Lipinski definition) is 4. The van der Waals surface area contributed by atoms with Gasteiger partial charge in [-0.15, -0.1) is 0 Å². The monoisotopic (exact) mass is 285 g/mol. The number of carbonyl (C=O) groups excluding carboxylic acids is 2. The summed E-state index contributed by atoms with van der Waals surface area (Å²) in [5, 5.41) is 10.6. The summed E-state index contributed by atoms with van der Waals surface area (Å²) in [5.74, 6) is -0.839. The highest BCUT2D eigenvalue weighted by atomic mass is 16.5. The van der Waals surface area contributed by atoms with Gasteiger partial charge in [0.2, 0.25) is 0 Å². The number of hydroxylamine groups is 1. The standard InChI is InChI=1S/C15H15N3O3/c19-14(17-21)13-6-3-7-18(13)15(20)12-8-10-4-1-2-5-11(10)9-16-12/h1-2,4-5,8-9,13,21H,3,6-7H2,(H,17,19). The fourth-order valence-corrected chi connectivity index (χ4v) is 2.70. The SMILES string of the molecule is O=C(NO)C1CCCN1C(=O)c1cc2ccccc2cn1. The van der Waals surface area contributed by atoms with Crippen LogP contribution in [0.2, 0.25) is 0 Å². The van der Waals surface area contributed by atoms with Gasteiger partial charge in [-0.25, -0.2) is 5.48 Å². The zero-order valence-electron chi connectivity index (χ0n) is 11.3. The van der Waals surface area contributed by atoms with Crippen molar-refractivity contribution >= 4 is 22.6 Å². The fourth-order valence-electron chi connectivity index (χ4n) is 2.70. The van der Waals surface area contributed by atoms with E-state index >= 15 is 0 Å². The molecule has 21 heavy (non-hydrogen) atoms. The Morgan fingerprint density at radius 2 is 2.05 bits per heavy atom. The van der Waals surface area contributed by atoms with E-state index in [1.807, 2.05) is 24.3 Å². The predicted molar refractivity (Wildman–Crippen MR) is 75.7 cm³/mol. The summed E-state index contributed by atoms with van der Waals surface area (Å²) < 4.78 is 0. The van der Waals surface area contributed by atoms with Gasteiger partial charge >= 0.3 is 0 Å². The van der Waals surface area contributed by atoms with Crippen molar-refractivity contribution in [2.24, 2.45) is 0 Å². The minimum Gasteiger partial charge on any atom is -0.325 e. The van der Waals surface area contributed by atoms with Crippen LogP contribution in [0.5, 0.6) is 0 Å². The van der Waals surface area contributed by atoms with Gasteiger partial charge in [0.05, 0.1) is 0 Å². The second-order valence-electron chi connectivity index (χ2n) is 5.05. The summed E-state index contributed by atoms with van der Waals surface area (Å²) in [5.41, 5.74) is 1.93. The molecule has 1 aliphatic rings. The molecular formula is C15H15N3O3. The third kappa shape index (κ3) is 2.45. The summed E-state index contributed by atoms with van der Waals surface area (Å²) >= 11 is 0. The Labute approximate surface area is 121 Å². The van der Waals surface area contributed by atoms with E-state index in [9.17, 15) is 9.59 Å². The molecule has 1 aliphatic heterocycles. The van der Waals surface area contributed by atoms with Gasteiger partial charge in [-0.3, -0.25) is 19.8 Å². The van der Waals surface area contributed by atoms with Crippen LogP contribution in [0.4, 0.5) is 0 Å². The second-order valence-corrected chi connectivity index (χ2v) is 5.05. The van der Waals surface area contributed by atoms with Crippen molar-refractivity contribution in [1.29, 1.82) is 0 Å². The van der Waals surface area contributed by atoms with Crippen molar-refractivity contribution in [2.45, 2.75) is 18.9 Å². The van der Waals surface area contributed by atoms with Crippen molar-refractivity contribution < 1.29 is 14.8 Å². The van der Waals surface area contributed by atoms with Crippen LogP contribution in [0.25, 0.3) is 10.8 Å². The molecule has 1 saturated heterocycles. The lowest BCUT2D eigenvalue weighted by atomic mass is 10.1. The number of nitrogens with zero attached hydrogens (tertiary/aromatic N) is 2. The number of aromatic nitrogens is 1. The van der Waals surface area contributed by atoms with Crippen LogP contribution in [-0.4, -0.2) is 39.5 Å². The maximum Gasteiger partial charge on any atom is 0.273 e. The summed E-state index contributed by atoms with van der Waals surface area (Å²) in [6, 6.07) is 8.74. The summed E-state index contributed by atoms with van der Waals surface area (Å²) in [6.07, 6.45) is 2.93. The molecule has 0 aliphatic carbocycles. The molecule has 1 atom stereocenters. The molecule has 1 unspecified atom stereocenters. The molecule has 1 aromatic carbocycles. The van der Waals surface area contributed by atoms with Crippen LogP contribution in [-0.2, 0) is 4.79 Å². The van der Waals surface area contributed by atoms with E-state index < -0.39 is 11.9 Å². The van der Waals surface area contributed by atoms with E-state index in [2.05, 4.69) is 4.98 Å². The lowest BCUT2D eigenvalue weighted by Crippen LogP contribution is -2.45. The highest BCUT2D eigenvalue weighted by Crippen LogP contribution is 2.21. The van der Waals surface area contributed by atoms with Crippen molar-refractivity contribution in [2.75, 3.05) is 6.54 Å². The van der Waals surface area contributed by atoms with Crippen LogP contribution in [0.3, 0.4) is 0 Å². The maximum absolute atomic E-state index is 12.5. The van der Waals surface area contributed by atoms with Crippen LogP contribution in [0.15, 0.2) is 36.5 Å². The topological polar surface area (TPSA) is 82.5 Å². The molecular weight excluding hydrogens is 270 g/mol. The molecule has 1 aromatic heterocycles. The molecule has 2 amide bonds.